The maximum Gasteiger partial charge on any atom is 0.132 e. The first-order chi connectivity index (χ1) is 8.54. The van der Waals surface area contributed by atoms with E-state index in [-0.39, 0.29) is 6.61 Å². The summed E-state index contributed by atoms with van der Waals surface area (Å²) in [5.41, 5.74) is 1.94. The molecule has 18 heavy (non-hydrogen) atoms. The molecule has 0 saturated heterocycles. The van der Waals surface area contributed by atoms with Crippen molar-refractivity contribution in [2.24, 2.45) is 13.0 Å². The molecule has 1 aromatic heterocycles. The predicted molar refractivity (Wildman–Crippen MR) is 73.7 cm³/mol. The van der Waals surface area contributed by atoms with Gasteiger partial charge in [0.1, 0.15) is 5.82 Å². The molecule has 1 saturated carbocycles. The molecule has 4 nitrogen and oxygen atoms in total. The summed E-state index contributed by atoms with van der Waals surface area (Å²) < 4.78 is 1.93. The van der Waals surface area contributed by atoms with Crippen LogP contribution < -0.4 is 4.90 Å². The Hall–Kier alpha value is -1.03. The molecule has 1 aromatic rings. The Labute approximate surface area is 110 Å². The van der Waals surface area contributed by atoms with Gasteiger partial charge in [0, 0.05) is 25.2 Å². The number of hydrogen-bond donors (Lipinski definition) is 1. The molecule has 0 amide bonds. The van der Waals surface area contributed by atoms with Gasteiger partial charge in [-0.2, -0.15) is 5.10 Å². The normalized spacial score (nSPS) is 15.4. The molecule has 0 bridgehead atoms. The van der Waals surface area contributed by atoms with Crippen LogP contribution in [-0.2, 0) is 13.7 Å². The maximum absolute atomic E-state index is 9.56. The summed E-state index contributed by atoms with van der Waals surface area (Å²) in [6, 6.07) is 0.656. The number of rotatable bonds is 6. The van der Waals surface area contributed by atoms with Crippen LogP contribution in [-0.4, -0.2) is 27.5 Å². The highest BCUT2D eigenvalue weighted by Crippen LogP contribution is 2.34. The molecule has 2 rings (SSSR count). The van der Waals surface area contributed by atoms with E-state index in [0.717, 1.165) is 23.6 Å². The number of aliphatic hydroxyl groups excluding tert-OH is 1. The zero-order valence-corrected chi connectivity index (χ0v) is 12.0. The summed E-state index contributed by atoms with van der Waals surface area (Å²) in [5, 5.41) is 14.0. The summed E-state index contributed by atoms with van der Waals surface area (Å²) in [7, 11) is 1.98. The van der Waals surface area contributed by atoms with E-state index >= 15 is 0 Å². The Kier molecular flexibility index (Phi) is 3.95. The van der Waals surface area contributed by atoms with E-state index < -0.39 is 0 Å². The Morgan fingerprint density at radius 1 is 1.44 bits per heavy atom. The van der Waals surface area contributed by atoms with Crippen molar-refractivity contribution in [3.63, 3.8) is 0 Å². The van der Waals surface area contributed by atoms with Gasteiger partial charge < -0.3 is 10.0 Å². The molecule has 0 atom stereocenters. The minimum absolute atomic E-state index is 0.0832. The van der Waals surface area contributed by atoms with Gasteiger partial charge in [-0.25, -0.2) is 0 Å². The van der Waals surface area contributed by atoms with E-state index in [1.807, 2.05) is 18.7 Å². The second kappa shape index (κ2) is 5.31. The van der Waals surface area contributed by atoms with Crippen molar-refractivity contribution in [1.82, 2.24) is 9.78 Å². The van der Waals surface area contributed by atoms with Crippen LogP contribution in [0.3, 0.4) is 0 Å². The fourth-order valence-electron chi connectivity index (χ4n) is 2.48. The van der Waals surface area contributed by atoms with Gasteiger partial charge in [0.2, 0.25) is 0 Å². The van der Waals surface area contributed by atoms with Gasteiger partial charge in [-0.1, -0.05) is 13.8 Å². The lowest BCUT2D eigenvalue weighted by atomic mass is 10.1. The molecule has 0 aliphatic heterocycles. The average Bonchev–Trinajstić information content (AvgIpc) is 3.07. The quantitative estimate of drug-likeness (QED) is 0.843. The lowest BCUT2D eigenvalue weighted by molar-refractivity contribution is 0.281. The number of hydrogen-bond acceptors (Lipinski definition) is 3. The maximum atomic E-state index is 9.56. The highest BCUT2D eigenvalue weighted by atomic mass is 16.3. The van der Waals surface area contributed by atoms with Gasteiger partial charge in [0.25, 0.3) is 0 Å². The monoisotopic (exact) mass is 251 g/mol. The molecule has 1 aliphatic carbocycles. The SMILES string of the molecule is Cc1nn(C)c(N(CCC(C)C)C2CC2)c1CO. The average molecular weight is 251 g/mol. The summed E-state index contributed by atoms with van der Waals surface area (Å²) >= 11 is 0. The lowest BCUT2D eigenvalue weighted by Gasteiger charge is -2.26. The minimum atomic E-state index is 0.0832. The van der Waals surface area contributed by atoms with Crippen molar-refractivity contribution >= 4 is 5.82 Å². The van der Waals surface area contributed by atoms with Crippen molar-refractivity contribution in [1.29, 1.82) is 0 Å². The molecule has 1 fully saturated rings. The van der Waals surface area contributed by atoms with Crippen LogP contribution in [0.1, 0.15) is 44.4 Å². The number of nitrogens with zero attached hydrogens (tertiary/aromatic N) is 3. The second-order valence-electron chi connectivity index (χ2n) is 5.78. The highest BCUT2D eigenvalue weighted by Gasteiger charge is 2.32. The van der Waals surface area contributed by atoms with Crippen molar-refractivity contribution in [3.8, 4) is 0 Å². The smallest absolute Gasteiger partial charge is 0.132 e. The first kappa shape index (κ1) is 13.4. The van der Waals surface area contributed by atoms with E-state index in [0.29, 0.717) is 12.0 Å². The molecular weight excluding hydrogens is 226 g/mol. The highest BCUT2D eigenvalue weighted by molar-refractivity contribution is 5.51. The molecule has 4 heteroatoms. The fraction of sp³-hybridized carbons (Fsp3) is 0.786. The Morgan fingerprint density at radius 3 is 2.61 bits per heavy atom. The van der Waals surface area contributed by atoms with Crippen molar-refractivity contribution in [2.75, 3.05) is 11.4 Å². The van der Waals surface area contributed by atoms with Gasteiger partial charge in [-0.05, 0) is 32.1 Å². The van der Waals surface area contributed by atoms with E-state index in [1.54, 1.807) is 0 Å². The van der Waals surface area contributed by atoms with E-state index in [2.05, 4.69) is 23.8 Å². The molecule has 0 spiro atoms. The summed E-state index contributed by atoms with van der Waals surface area (Å²) in [4.78, 5) is 2.45. The predicted octanol–water partition coefficient (Wildman–Crippen LogP) is 2.24. The summed E-state index contributed by atoms with van der Waals surface area (Å²) in [6.45, 7) is 7.63. The Balaban J connectivity index is 2.24. The summed E-state index contributed by atoms with van der Waals surface area (Å²) in [6.07, 6.45) is 3.73. The summed E-state index contributed by atoms with van der Waals surface area (Å²) in [5.74, 6) is 1.83. The topological polar surface area (TPSA) is 41.3 Å². The third-order valence-corrected chi connectivity index (χ3v) is 3.68. The number of aryl methyl sites for hydroxylation is 2. The van der Waals surface area contributed by atoms with Crippen molar-refractivity contribution in [3.05, 3.63) is 11.3 Å². The molecule has 0 aromatic carbocycles. The fourth-order valence-corrected chi connectivity index (χ4v) is 2.48. The van der Waals surface area contributed by atoms with Crippen LogP contribution in [0.4, 0.5) is 5.82 Å². The van der Waals surface area contributed by atoms with Gasteiger partial charge >= 0.3 is 0 Å². The lowest BCUT2D eigenvalue weighted by Crippen LogP contribution is -2.30. The van der Waals surface area contributed by atoms with Gasteiger partial charge in [-0.15, -0.1) is 0 Å². The van der Waals surface area contributed by atoms with Gasteiger partial charge in [0.15, 0.2) is 0 Å². The molecule has 0 radical (unpaired) electrons. The van der Waals surface area contributed by atoms with Gasteiger partial charge in [-0.3, -0.25) is 4.68 Å². The molecule has 1 heterocycles. The molecule has 0 unspecified atom stereocenters. The first-order valence-corrected chi connectivity index (χ1v) is 6.94. The number of aliphatic hydroxyl groups is 1. The zero-order valence-electron chi connectivity index (χ0n) is 12.0. The van der Waals surface area contributed by atoms with Crippen LogP contribution in [0.15, 0.2) is 0 Å². The molecule has 1 N–H and O–H groups in total. The zero-order chi connectivity index (χ0) is 13.3. The number of anilines is 1. The standard InChI is InChI=1S/C14H25N3O/c1-10(2)7-8-17(12-5-6-12)14-13(9-18)11(3)15-16(14)4/h10,12,18H,5-9H2,1-4H3. The van der Waals surface area contributed by atoms with Gasteiger partial charge in [0.05, 0.1) is 12.3 Å². The Morgan fingerprint density at radius 2 is 2.11 bits per heavy atom. The van der Waals surface area contributed by atoms with Crippen LogP contribution in [0.25, 0.3) is 0 Å². The largest absolute Gasteiger partial charge is 0.391 e. The number of aromatic nitrogens is 2. The first-order valence-electron chi connectivity index (χ1n) is 6.94. The third kappa shape index (κ3) is 2.69. The third-order valence-electron chi connectivity index (χ3n) is 3.68. The van der Waals surface area contributed by atoms with Crippen LogP contribution >= 0.6 is 0 Å². The molecule has 1 aliphatic rings. The van der Waals surface area contributed by atoms with Crippen LogP contribution in [0, 0.1) is 12.8 Å². The van der Waals surface area contributed by atoms with E-state index in [4.69, 9.17) is 0 Å². The minimum Gasteiger partial charge on any atom is -0.391 e. The van der Waals surface area contributed by atoms with Crippen LogP contribution in [0.5, 0.6) is 0 Å². The van der Waals surface area contributed by atoms with E-state index in [9.17, 15) is 5.11 Å². The second-order valence-corrected chi connectivity index (χ2v) is 5.78. The van der Waals surface area contributed by atoms with E-state index in [1.165, 1.54) is 19.3 Å². The molecular formula is C14H25N3O. The van der Waals surface area contributed by atoms with Crippen molar-refractivity contribution in [2.45, 2.75) is 52.7 Å². The molecule has 102 valence electrons. The Bertz CT molecular complexity index is 407. The van der Waals surface area contributed by atoms with Crippen molar-refractivity contribution < 1.29 is 5.11 Å². The van der Waals surface area contributed by atoms with Crippen LogP contribution in [0.2, 0.25) is 0 Å².